The summed E-state index contributed by atoms with van der Waals surface area (Å²) in [5.41, 5.74) is -0.412. The predicted molar refractivity (Wildman–Crippen MR) is 58.9 cm³/mol. The van der Waals surface area contributed by atoms with Crippen LogP contribution in [0.5, 0.6) is 0 Å². The van der Waals surface area contributed by atoms with Crippen LogP contribution in [-0.4, -0.2) is 32.5 Å². The van der Waals surface area contributed by atoms with Gasteiger partial charge in [-0.2, -0.15) is 4.72 Å². The molecular formula is C9H12N2O5S. The van der Waals surface area contributed by atoms with Gasteiger partial charge in [-0.3, -0.25) is 9.59 Å². The number of H-pyrrole nitrogens is 1. The third-order valence-corrected chi connectivity index (χ3v) is 3.49. The summed E-state index contributed by atoms with van der Waals surface area (Å²) in [5, 5.41) is 0. The van der Waals surface area contributed by atoms with Crippen LogP contribution in [0.1, 0.15) is 6.92 Å². The first-order chi connectivity index (χ1) is 7.86. The van der Waals surface area contributed by atoms with Crippen molar-refractivity contribution in [3.8, 4) is 0 Å². The minimum Gasteiger partial charge on any atom is -0.468 e. The van der Waals surface area contributed by atoms with Gasteiger partial charge in [0.05, 0.1) is 12.0 Å². The molecule has 0 saturated heterocycles. The highest BCUT2D eigenvalue weighted by Gasteiger charge is 2.22. The fourth-order valence-corrected chi connectivity index (χ4v) is 2.25. The summed E-state index contributed by atoms with van der Waals surface area (Å²) >= 11 is 0. The number of sulfonamides is 1. The van der Waals surface area contributed by atoms with E-state index in [9.17, 15) is 18.0 Å². The molecule has 8 heteroatoms. The van der Waals surface area contributed by atoms with E-state index in [2.05, 4.69) is 14.4 Å². The molecule has 0 fully saturated rings. The van der Waals surface area contributed by atoms with Gasteiger partial charge in [-0.25, -0.2) is 8.42 Å². The van der Waals surface area contributed by atoms with Crippen molar-refractivity contribution < 1.29 is 17.9 Å². The molecule has 1 heterocycles. The Kier molecular flexibility index (Phi) is 4.02. The summed E-state index contributed by atoms with van der Waals surface area (Å²) in [6, 6.07) is 1.22. The van der Waals surface area contributed by atoms with Crippen LogP contribution in [0, 0.1) is 0 Å². The molecule has 0 radical (unpaired) electrons. The van der Waals surface area contributed by atoms with Crippen molar-refractivity contribution in [3.63, 3.8) is 0 Å². The predicted octanol–water partition coefficient (Wildman–Crippen LogP) is -0.785. The fraction of sp³-hybridized carbons (Fsp3) is 0.333. The van der Waals surface area contributed by atoms with Gasteiger partial charge in [0.15, 0.2) is 0 Å². The van der Waals surface area contributed by atoms with E-state index < -0.39 is 27.6 Å². The minimum atomic E-state index is -3.85. The summed E-state index contributed by atoms with van der Waals surface area (Å²) in [6.45, 7) is 1.36. The Morgan fingerprint density at radius 1 is 1.47 bits per heavy atom. The summed E-state index contributed by atoms with van der Waals surface area (Å²) < 4.78 is 30.0. The second kappa shape index (κ2) is 5.11. The average Bonchev–Trinajstić information content (AvgIpc) is 2.27. The van der Waals surface area contributed by atoms with Gasteiger partial charge in [-0.1, -0.05) is 0 Å². The summed E-state index contributed by atoms with van der Waals surface area (Å²) in [7, 11) is -2.69. The molecule has 0 aromatic carbocycles. The van der Waals surface area contributed by atoms with E-state index in [0.717, 1.165) is 25.4 Å². The first-order valence-electron chi connectivity index (χ1n) is 4.65. The number of hydrogen-bond acceptors (Lipinski definition) is 5. The van der Waals surface area contributed by atoms with Crippen LogP contribution in [0.15, 0.2) is 28.0 Å². The van der Waals surface area contributed by atoms with Crippen molar-refractivity contribution >= 4 is 16.0 Å². The Morgan fingerprint density at radius 2 is 2.12 bits per heavy atom. The molecule has 1 aromatic rings. The Bertz CT molecular complexity index is 542. The largest absolute Gasteiger partial charge is 0.468 e. The first kappa shape index (κ1) is 13.4. The number of nitrogens with one attached hydrogen (secondary N) is 2. The van der Waals surface area contributed by atoms with E-state index in [0.29, 0.717) is 0 Å². The topological polar surface area (TPSA) is 105 Å². The van der Waals surface area contributed by atoms with Crippen LogP contribution in [0.3, 0.4) is 0 Å². The number of aromatic amines is 1. The van der Waals surface area contributed by atoms with Gasteiger partial charge in [-0.15, -0.1) is 0 Å². The Hall–Kier alpha value is -1.67. The Labute approximate surface area is 97.9 Å². The van der Waals surface area contributed by atoms with E-state index in [1.165, 1.54) is 6.92 Å². The molecule has 0 amide bonds. The summed E-state index contributed by atoms with van der Waals surface area (Å²) in [4.78, 5) is 23.9. The molecule has 2 N–H and O–H groups in total. The number of esters is 1. The number of hydrogen-bond donors (Lipinski definition) is 2. The van der Waals surface area contributed by atoms with Gasteiger partial charge >= 0.3 is 5.97 Å². The van der Waals surface area contributed by atoms with Crippen molar-refractivity contribution in [2.24, 2.45) is 0 Å². The lowest BCUT2D eigenvalue weighted by atomic mass is 10.4. The van der Waals surface area contributed by atoms with Crippen LogP contribution in [0.25, 0.3) is 0 Å². The highest BCUT2D eigenvalue weighted by Crippen LogP contribution is 2.05. The molecule has 0 aliphatic heterocycles. The minimum absolute atomic E-state index is 0.132. The number of aromatic nitrogens is 1. The Balaban J connectivity index is 2.93. The molecular weight excluding hydrogens is 248 g/mol. The van der Waals surface area contributed by atoms with Crippen molar-refractivity contribution in [1.82, 2.24) is 9.71 Å². The SMILES string of the molecule is COC(=O)[C@H](C)NS(=O)(=O)c1ccc(=O)[nH]c1. The van der Waals surface area contributed by atoms with Crippen LogP contribution in [0.2, 0.25) is 0 Å². The lowest BCUT2D eigenvalue weighted by molar-refractivity contribution is -0.142. The van der Waals surface area contributed by atoms with E-state index in [4.69, 9.17) is 0 Å². The lowest BCUT2D eigenvalue weighted by Crippen LogP contribution is -2.39. The normalized spacial score (nSPS) is 13.1. The van der Waals surface area contributed by atoms with Crippen LogP contribution >= 0.6 is 0 Å². The first-order valence-corrected chi connectivity index (χ1v) is 6.14. The van der Waals surface area contributed by atoms with Gasteiger partial charge in [-0.05, 0) is 13.0 Å². The molecule has 1 atom stereocenters. The van der Waals surface area contributed by atoms with Crippen LogP contribution in [0.4, 0.5) is 0 Å². The maximum atomic E-state index is 11.7. The molecule has 0 unspecified atom stereocenters. The molecule has 17 heavy (non-hydrogen) atoms. The summed E-state index contributed by atoms with van der Waals surface area (Å²) in [6.07, 6.45) is 1.05. The molecule has 0 spiro atoms. The summed E-state index contributed by atoms with van der Waals surface area (Å²) in [5.74, 6) is -0.696. The number of pyridine rings is 1. The average molecular weight is 260 g/mol. The zero-order valence-corrected chi connectivity index (χ0v) is 10.1. The number of ether oxygens (including phenoxy) is 1. The number of rotatable bonds is 4. The second-order valence-corrected chi connectivity index (χ2v) is 4.97. The quantitative estimate of drug-likeness (QED) is 0.690. The van der Waals surface area contributed by atoms with Crippen molar-refractivity contribution in [2.45, 2.75) is 17.9 Å². The van der Waals surface area contributed by atoms with E-state index >= 15 is 0 Å². The van der Waals surface area contributed by atoms with Gasteiger partial charge < -0.3 is 9.72 Å². The molecule has 94 valence electrons. The zero-order chi connectivity index (χ0) is 13.1. The van der Waals surface area contributed by atoms with Crippen molar-refractivity contribution in [3.05, 3.63) is 28.7 Å². The molecule has 1 aromatic heterocycles. The fourth-order valence-electron chi connectivity index (χ4n) is 1.09. The Morgan fingerprint density at radius 3 is 2.59 bits per heavy atom. The number of carbonyl (C=O) groups excluding carboxylic acids is 1. The van der Waals surface area contributed by atoms with E-state index in [1.54, 1.807) is 0 Å². The molecule has 0 aliphatic rings. The highest BCUT2D eigenvalue weighted by atomic mass is 32.2. The number of methoxy groups -OCH3 is 1. The molecule has 0 aliphatic carbocycles. The molecule has 7 nitrogen and oxygen atoms in total. The third-order valence-electron chi connectivity index (χ3n) is 1.95. The highest BCUT2D eigenvalue weighted by molar-refractivity contribution is 7.89. The van der Waals surface area contributed by atoms with Crippen LogP contribution < -0.4 is 10.3 Å². The van der Waals surface area contributed by atoms with Gasteiger partial charge in [0, 0.05) is 12.3 Å². The van der Waals surface area contributed by atoms with Crippen LogP contribution in [-0.2, 0) is 19.6 Å². The zero-order valence-electron chi connectivity index (χ0n) is 9.26. The maximum Gasteiger partial charge on any atom is 0.323 e. The smallest absolute Gasteiger partial charge is 0.323 e. The maximum absolute atomic E-state index is 11.7. The van der Waals surface area contributed by atoms with Gasteiger partial charge in [0.25, 0.3) is 0 Å². The van der Waals surface area contributed by atoms with Crippen molar-refractivity contribution in [2.75, 3.05) is 7.11 Å². The molecule has 1 rings (SSSR count). The van der Waals surface area contributed by atoms with Gasteiger partial charge in [0.1, 0.15) is 6.04 Å². The third kappa shape index (κ3) is 3.40. The lowest BCUT2D eigenvalue weighted by Gasteiger charge is -2.11. The monoisotopic (exact) mass is 260 g/mol. The van der Waals surface area contributed by atoms with Crippen molar-refractivity contribution in [1.29, 1.82) is 0 Å². The van der Waals surface area contributed by atoms with Gasteiger partial charge in [0.2, 0.25) is 15.6 Å². The molecule has 0 bridgehead atoms. The number of carbonyl (C=O) groups is 1. The molecule has 0 saturated carbocycles. The standard InChI is InChI=1S/C9H12N2O5S/c1-6(9(13)16-2)11-17(14,15)7-3-4-8(12)10-5-7/h3-6,11H,1-2H3,(H,10,12)/t6-/m0/s1. The second-order valence-electron chi connectivity index (χ2n) is 3.25. The van der Waals surface area contributed by atoms with E-state index in [1.807, 2.05) is 0 Å². The van der Waals surface area contributed by atoms with E-state index in [-0.39, 0.29) is 4.90 Å².